The van der Waals surface area contributed by atoms with Crippen LogP contribution in [0.4, 0.5) is 5.69 Å². The minimum Gasteiger partial charge on any atom is -0.493 e. The fourth-order valence-electron chi connectivity index (χ4n) is 3.15. The van der Waals surface area contributed by atoms with Gasteiger partial charge in [-0.1, -0.05) is 53.2 Å². The number of nitrogens with one attached hydrogen (secondary N) is 1. The predicted octanol–water partition coefficient (Wildman–Crippen LogP) is 6.01. The lowest BCUT2D eigenvalue weighted by Gasteiger charge is -2.12. The number of furan rings is 1. The van der Waals surface area contributed by atoms with Gasteiger partial charge in [0.15, 0.2) is 18.1 Å². The highest BCUT2D eigenvalue weighted by Crippen LogP contribution is 2.35. The summed E-state index contributed by atoms with van der Waals surface area (Å²) in [6, 6.07) is 13.5. The van der Waals surface area contributed by atoms with E-state index in [9.17, 15) is 9.59 Å². The molecule has 2 heterocycles. The summed E-state index contributed by atoms with van der Waals surface area (Å²) in [5.41, 5.74) is 1.22. The van der Waals surface area contributed by atoms with Gasteiger partial charge in [0.05, 0.1) is 34.9 Å². The van der Waals surface area contributed by atoms with Gasteiger partial charge in [-0.05, 0) is 54.1 Å². The first-order chi connectivity index (χ1) is 16.8. The summed E-state index contributed by atoms with van der Waals surface area (Å²) >= 11 is 18.4. The summed E-state index contributed by atoms with van der Waals surface area (Å²) in [6.45, 7) is 0.0246. The molecule has 0 spiro atoms. The second-order valence-corrected chi connectivity index (χ2v) is 9.71. The van der Waals surface area contributed by atoms with Gasteiger partial charge >= 0.3 is 0 Å². The molecule has 0 radical (unpaired) electrons. The van der Waals surface area contributed by atoms with Gasteiger partial charge in [0.1, 0.15) is 10.1 Å². The molecular weight excluding hydrogens is 531 g/mol. The Morgan fingerprint density at radius 3 is 2.71 bits per heavy atom. The number of hydrogen-bond acceptors (Lipinski definition) is 7. The Morgan fingerprint density at radius 2 is 2.00 bits per heavy atom. The topological polar surface area (TPSA) is 81.0 Å². The van der Waals surface area contributed by atoms with Crippen molar-refractivity contribution in [2.24, 2.45) is 0 Å². The van der Waals surface area contributed by atoms with Gasteiger partial charge in [-0.25, -0.2) is 0 Å². The van der Waals surface area contributed by atoms with Crippen molar-refractivity contribution in [3.05, 3.63) is 81.1 Å². The third-order valence-corrected chi connectivity index (χ3v) is 6.93. The van der Waals surface area contributed by atoms with Crippen molar-refractivity contribution in [1.82, 2.24) is 4.90 Å². The van der Waals surface area contributed by atoms with E-state index in [-0.39, 0.29) is 25.0 Å². The van der Waals surface area contributed by atoms with E-state index < -0.39 is 0 Å². The van der Waals surface area contributed by atoms with E-state index >= 15 is 0 Å². The molecular formula is C24H18Cl2N2O5S2. The Labute approximate surface area is 221 Å². The zero-order valence-electron chi connectivity index (χ0n) is 18.2. The SMILES string of the molecule is COc1cc(/C=C2\SC(=S)N(Cc3ccco3)C2=O)ccc1OCC(=O)Nc1ccc(Cl)c(Cl)c1. The average Bonchev–Trinajstić information content (AvgIpc) is 3.44. The normalized spacial score (nSPS) is 14.5. The van der Waals surface area contributed by atoms with Crippen molar-refractivity contribution < 1.29 is 23.5 Å². The Morgan fingerprint density at radius 1 is 1.17 bits per heavy atom. The Hall–Kier alpha value is -2.98. The first-order valence-electron chi connectivity index (χ1n) is 10.2. The molecule has 11 heteroatoms. The van der Waals surface area contributed by atoms with E-state index in [1.54, 1.807) is 60.9 Å². The number of halogens is 2. The molecule has 0 bridgehead atoms. The number of carbonyl (C=O) groups is 2. The van der Waals surface area contributed by atoms with Gasteiger partial charge in [-0.15, -0.1) is 0 Å². The van der Waals surface area contributed by atoms with Crippen LogP contribution in [0, 0.1) is 0 Å². The molecule has 1 N–H and O–H groups in total. The number of thioether (sulfide) groups is 1. The van der Waals surface area contributed by atoms with Crippen LogP contribution in [0.2, 0.25) is 10.0 Å². The molecule has 0 atom stereocenters. The van der Waals surface area contributed by atoms with Gasteiger partial charge in [0, 0.05) is 5.69 Å². The van der Waals surface area contributed by atoms with E-state index in [0.29, 0.717) is 47.8 Å². The third-order valence-electron chi connectivity index (χ3n) is 4.82. The molecule has 4 rings (SSSR count). The zero-order valence-corrected chi connectivity index (χ0v) is 21.4. The van der Waals surface area contributed by atoms with Gasteiger partial charge < -0.3 is 19.2 Å². The van der Waals surface area contributed by atoms with E-state index in [4.69, 9.17) is 49.3 Å². The summed E-state index contributed by atoms with van der Waals surface area (Å²) in [5.74, 6) is 0.852. The average molecular weight is 549 g/mol. The molecule has 180 valence electrons. The molecule has 0 unspecified atom stereocenters. The standard InChI is InChI=1S/C24H18Cl2N2O5S2/c1-31-20-9-14(10-21-23(30)28(24(34)35-21)12-16-3-2-8-32-16)4-7-19(20)33-13-22(29)27-15-5-6-17(25)18(26)11-15/h2-11H,12-13H2,1H3,(H,27,29)/b21-10-. The minimum absolute atomic E-state index is 0.199. The highest BCUT2D eigenvalue weighted by molar-refractivity contribution is 8.26. The van der Waals surface area contributed by atoms with Crippen LogP contribution in [0.25, 0.3) is 6.08 Å². The quantitative estimate of drug-likeness (QED) is 0.272. The lowest BCUT2D eigenvalue weighted by molar-refractivity contribution is -0.122. The van der Waals surface area contributed by atoms with Crippen LogP contribution < -0.4 is 14.8 Å². The monoisotopic (exact) mass is 548 g/mol. The molecule has 1 fully saturated rings. The summed E-state index contributed by atoms with van der Waals surface area (Å²) in [6.07, 6.45) is 3.28. The first-order valence-corrected chi connectivity index (χ1v) is 12.2. The second kappa shape index (κ2) is 11.2. The predicted molar refractivity (Wildman–Crippen MR) is 141 cm³/mol. The molecule has 0 aliphatic carbocycles. The van der Waals surface area contributed by atoms with Gasteiger partial charge in [-0.2, -0.15) is 0 Å². The molecule has 1 aromatic heterocycles. The largest absolute Gasteiger partial charge is 0.493 e. The van der Waals surface area contributed by atoms with E-state index in [1.807, 2.05) is 0 Å². The molecule has 1 saturated heterocycles. The molecule has 2 amide bonds. The number of carbonyl (C=O) groups excluding carboxylic acids is 2. The summed E-state index contributed by atoms with van der Waals surface area (Å²) in [5, 5.41) is 3.41. The zero-order chi connectivity index (χ0) is 24.9. The van der Waals surface area contributed by atoms with Crippen molar-refractivity contribution in [2.45, 2.75) is 6.54 Å². The number of nitrogens with zero attached hydrogens (tertiary/aromatic N) is 1. The molecule has 1 aliphatic rings. The third kappa shape index (κ3) is 6.18. The number of amides is 2. The maximum absolute atomic E-state index is 12.8. The Bertz CT molecular complexity index is 1310. The highest BCUT2D eigenvalue weighted by Gasteiger charge is 2.32. The number of rotatable bonds is 8. The summed E-state index contributed by atoms with van der Waals surface area (Å²) in [4.78, 5) is 27.1. The summed E-state index contributed by atoms with van der Waals surface area (Å²) < 4.78 is 16.8. The van der Waals surface area contributed by atoms with Crippen molar-refractivity contribution in [1.29, 1.82) is 0 Å². The smallest absolute Gasteiger partial charge is 0.266 e. The molecule has 35 heavy (non-hydrogen) atoms. The van der Waals surface area contributed by atoms with Crippen molar-refractivity contribution in [3.8, 4) is 11.5 Å². The van der Waals surface area contributed by atoms with Crippen molar-refractivity contribution in [2.75, 3.05) is 19.0 Å². The lowest BCUT2D eigenvalue weighted by Crippen LogP contribution is -2.27. The molecule has 3 aromatic rings. The van der Waals surface area contributed by atoms with Crippen LogP contribution in [0.15, 0.2) is 64.1 Å². The molecule has 2 aromatic carbocycles. The Kier molecular flexibility index (Phi) is 8.02. The Balaban J connectivity index is 1.41. The molecule has 0 saturated carbocycles. The highest BCUT2D eigenvalue weighted by atomic mass is 35.5. The number of thiocarbonyl (C=S) groups is 1. The van der Waals surface area contributed by atoms with Gasteiger partial charge in [0.2, 0.25) is 0 Å². The van der Waals surface area contributed by atoms with Gasteiger partial charge in [0.25, 0.3) is 11.8 Å². The van der Waals surface area contributed by atoms with Crippen molar-refractivity contribution >= 4 is 75.1 Å². The minimum atomic E-state index is -0.380. The fraction of sp³-hybridized carbons (Fsp3) is 0.125. The first kappa shape index (κ1) is 25.1. The molecule has 1 aliphatic heterocycles. The number of methoxy groups -OCH3 is 1. The second-order valence-electron chi connectivity index (χ2n) is 7.22. The summed E-state index contributed by atoms with van der Waals surface area (Å²) in [7, 11) is 1.49. The fourth-order valence-corrected chi connectivity index (χ4v) is 4.71. The van der Waals surface area contributed by atoms with Crippen LogP contribution in [0.3, 0.4) is 0 Å². The number of anilines is 1. The number of ether oxygens (including phenoxy) is 2. The lowest BCUT2D eigenvalue weighted by atomic mass is 10.2. The maximum Gasteiger partial charge on any atom is 0.266 e. The van der Waals surface area contributed by atoms with Crippen molar-refractivity contribution in [3.63, 3.8) is 0 Å². The number of benzene rings is 2. The van der Waals surface area contributed by atoms with Gasteiger partial charge in [-0.3, -0.25) is 14.5 Å². The number of hydrogen-bond donors (Lipinski definition) is 1. The van der Waals surface area contributed by atoms with E-state index in [2.05, 4.69) is 5.32 Å². The van der Waals surface area contributed by atoms with Crippen LogP contribution in [0.5, 0.6) is 11.5 Å². The van der Waals surface area contributed by atoms with Crippen LogP contribution in [-0.4, -0.2) is 34.8 Å². The van der Waals surface area contributed by atoms with E-state index in [0.717, 1.165) is 0 Å². The van der Waals surface area contributed by atoms with Crippen LogP contribution in [-0.2, 0) is 16.1 Å². The maximum atomic E-state index is 12.8. The van der Waals surface area contributed by atoms with E-state index in [1.165, 1.54) is 23.8 Å². The van der Waals surface area contributed by atoms with Crippen LogP contribution in [0.1, 0.15) is 11.3 Å². The molecule has 7 nitrogen and oxygen atoms in total. The van der Waals surface area contributed by atoms with Crippen LogP contribution >= 0.6 is 47.2 Å².